The number of fused-ring (bicyclic) bond motifs is 1. The highest BCUT2D eigenvalue weighted by Crippen LogP contribution is 2.24. The number of aromatic nitrogens is 1. The van der Waals surface area contributed by atoms with Crippen LogP contribution in [0.25, 0.3) is 10.9 Å². The van der Waals surface area contributed by atoms with Crippen molar-refractivity contribution in [1.82, 2.24) is 4.98 Å². The molecule has 0 saturated carbocycles. The van der Waals surface area contributed by atoms with Crippen LogP contribution in [0, 0.1) is 5.92 Å². The Labute approximate surface area is 159 Å². The van der Waals surface area contributed by atoms with Crippen LogP contribution in [0.15, 0.2) is 54.7 Å². The van der Waals surface area contributed by atoms with Crippen molar-refractivity contribution in [3.8, 4) is 5.75 Å². The first kappa shape index (κ1) is 19.0. The van der Waals surface area contributed by atoms with Crippen LogP contribution < -0.4 is 10.5 Å². The number of H-pyrrole nitrogens is 1. The van der Waals surface area contributed by atoms with Crippen molar-refractivity contribution in [3.63, 3.8) is 0 Å². The van der Waals surface area contributed by atoms with Crippen LogP contribution >= 0.6 is 0 Å². The minimum Gasteiger partial charge on any atom is -0.494 e. The summed E-state index contributed by atoms with van der Waals surface area (Å²) in [7, 11) is 0. The van der Waals surface area contributed by atoms with E-state index in [0.717, 1.165) is 28.6 Å². The Bertz CT molecular complexity index is 874. The number of carboxylic acids is 1. The fourth-order valence-corrected chi connectivity index (χ4v) is 3.34. The molecular formula is C22H26N2O3. The molecule has 0 aliphatic carbocycles. The van der Waals surface area contributed by atoms with Crippen molar-refractivity contribution in [2.75, 3.05) is 13.2 Å². The number of carbonyl (C=O) groups is 1. The van der Waals surface area contributed by atoms with Crippen LogP contribution in [0.1, 0.15) is 24.0 Å². The smallest absolute Gasteiger partial charge is 0.306 e. The third-order valence-electron chi connectivity index (χ3n) is 4.79. The van der Waals surface area contributed by atoms with Gasteiger partial charge in [0.2, 0.25) is 0 Å². The molecule has 5 nitrogen and oxygen atoms in total. The number of hydrogen-bond acceptors (Lipinski definition) is 3. The molecule has 4 N–H and O–H groups in total. The maximum absolute atomic E-state index is 11.5. The summed E-state index contributed by atoms with van der Waals surface area (Å²) in [4.78, 5) is 14.8. The monoisotopic (exact) mass is 366 g/mol. The first-order valence-corrected chi connectivity index (χ1v) is 9.37. The molecule has 27 heavy (non-hydrogen) atoms. The fourth-order valence-electron chi connectivity index (χ4n) is 3.34. The van der Waals surface area contributed by atoms with Crippen molar-refractivity contribution < 1.29 is 14.6 Å². The predicted molar refractivity (Wildman–Crippen MR) is 107 cm³/mol. The summed E-state index contributed by atoms with van der Waals surface area (Å²) >= 11 is 0. The van der Waals surface area contributed by atoms with E-state index in [4.69, 9.17) is 10.5 Å². The van der Waals surface area contributed by atoms with Crippen LogP contribution in [-0.4, -0.2) is 29.2 Å². The second-order valence-electron chi connectivity index (χ2n) is 6.78. The van der Waals surface area contributed by atoms with E-state index in [2.05, 4.69) is 4.98 Å². The molecule has 0 radical (unpaired) electrons. The molecule has 0 aliphatic rings. The quantitative estimate of drug-likeness (QED) is 0.477. The molecular weight excluding hydrogens is 340 g/mol. The number of aromatic amines is 1. The Morgan fingerprint density at radius 3 is 2.74 bits per heavy atom. The summed E-state index contributed by atoms with van der Waals surface area (Å²) in [6.07, 6.45) is 4.65. The normalized spacial score (nSPS) is 12.2. The van der Waals surface area contributed by atoms with Crippen LogP contribution in [0.5, 0.6) is 5.75 Å². The summed E-state index contributed by atoms with van der Waals surface area (Å²) < 4.78 is 5.86. The molecule has 0 spiro atoms. The van der Waals surface area contributed by atoms with Gasteiger partial charge in [-0.1, -0.05) is 30.3 Å². The van der Waals surface area contributed by atoms with Gasteiger partial charge in [0.1, 0.15) is 5.75 Å². The molecule has 0 saturated heterocycles. The Balaban J connectivity index is 1.53. The third-order valence-corrected chi connectivity index (χ3v) is 4.79. The highest BCUT2D eigenvalue weighted by molar-refractivity contribution is 5.84. The Kier molecular flexibility index (Phi) is 6.49. The predicted octanol–water partition coefficient (Wildman–Crippen LogP) is 3.77. The molecule has 5 heteroatoms. The zero-order valence-electron chi connectivity index (χ0n) is 15.4. The first-order chi connectivity index (χ1) is 13.2. The van der Waals surface area contributed by atoms with Gasteiger partial charge in [-0.3, -0.25) is 4.79 Å². The molecule has 3 aromatic rings. The largest absolute Gasteiger partial charge is 0.494 e. The number of aliphatic carboxylic acids is 1. The molecule has 2 aromatic carbocycles. The van der Waals surface area contributed by atoms with Gasteiger partial charge < -0.3 is 20.6 Å². The SMILES string of the molecule is NCCc1c[nH]c2ccc(OCCCC(Cc3ccccc3)C(=O)O)cc12. The zero-order valence-corrected chi connectivity index (χ0v) is 15.4. The van der Waals surface area contributed by atoms with E-state index in [0.29, 0.717) is 32.4 Å². The minimum absolute atomic E-state index is 0.390. The lowest BCUT2D eigenvalue weighted by Gasteiger charge is -2.13. The molecule has 0 amide bonds. The van der Waals surface area contributed by atoms with E-state index in [-0.39, 0.29) is 5.92 Å². The number of benzene rings is 2. The van der Waals surface area contributed by atoms with Crippen molar-refractivity contribution in [2.24, 2.45) is 11.7 Å². The first-order valence-electron chi connectivity index (χ1n) is 9.37. The van der Waals surface area contributed by atoms with E-state index < -0.39 is 5.97 Å². The van der Waals surface area contributed by atoms with Crippen molar-refractivity contribution in [2.45, 2.75) is 25.7 Å². The minimum atomic E-state index is -0.751. The van der Waals surface area contributed by atoms with Crippen LogP contribution in [0.4, 0.5) is 0 Å². The highest BCUT2D eigenvalue weighted by atomic mass is 16.5. The lowest BCUT2D eigenvalue weighted by Crippen LogP contribution is -2.17. The van der Waals surface area contributed by atoms with Gasteiger partial charge in [0.05, 0.1) is 12.5 Å². The third kappa shape index (κ3) is 5.11. The molecule has 142 valence electrons. The molecule has 1 heterocycles. The van der Waals surface area contributed by atoms with E-state index in [9.17, 15) is 9.90 Å². The van der Waals surface area contributed by atoms with Gasteiger partial charge in [-0.05, 0) is 61.6 Å². The van der Waals surface area contributed by atoms with E-state index in [1.165, 1.54) is 5.56 Å². The molecule has 3 rings (SSSR count). The fraction of sp³-hybridized carbons (Fsp3) is 0.318. The summed E-state index contributed by atoms with van der Waals surface area (Å²) in [5.74, 6) is -0.339. The van der Waals surface area contributed by atoms with Crippen LogP contribution in [0.2, 0.25) is 0 Å². The summed E-state index contributed by atoms with van der Waals surface area (Å²) in [6, 6.07) is 15.7. The lowest BCUT2D eigenvalue weighted by molar-refractivity contribution is -0.142. The number of nitrogens with two attached hydrogens (primary N) is 1. The highest BCUT2D eigenvalue weighted by Gasteiger charge is 2.17. The summed E-state index contributed by atoms with van der Waals surface area (Å²) in [6.45, 7) is 1.11. The second-order valence-corrected chi connectivity index (χ2v) is 6.78. The van der Waals surface area contributed by atoms with Gasteiger partial charge in [-0.25, -0.2) is 0 Å². The van der Waals surface area contributed by atoms with E-state index >= 15 is 0 Å². The van der Waals surface area contributed by atoms with Crippen molar-refractivity contribution in [1.29, 1.82) is 0 Å². The molecule has 0 aliphatic heterocycles. The van der Waals surface area contributed by atoms with E-state index in [1.54, 1.807) is 0 Å². The standard InChI is InChI=1S/C22H26N2O3/c23-11-10-18-15-24-21-9-8-19(14-20(18)21)27-12-4-7-17(22(25)26)13-16-5-2-1-3-6-16/h1-3,5-6,8-9,14-15,17,24H,4,7,10-13,23H2,(H,25,26). The summed E-state index contributed by atoms with van der Waals surface area (Å²) in [5.41, 5.74) is 8.97. The number of nitrogens with one attached hydrogen (secondary N) is 1. The van der Waals surface area contributed by atoms with Crippen LogP contribution in [0.3, 0.4) is 0 Å². The molecule has 1 aromatic heterocycles. The average Bonchev–Trinajstić information content (AvgIpc) is 3.07. The van der Waals surface area contributed by atoms with Crippen molar-refractivity contribution >= 4 is 16.9 Å². The number of rotatable bonds is 10. The van der Waals surface area contributed by atoms with Crippen molar-refractivity contribution in [3.05, 3.63) is 65.9 Å². The van der Waals surface area contributed by atoms with Gasteiger partial charge in [-0.2, -0.15) is 0 Å². The number of hydrogen-bond donors (Lipinski definition) is 3. The Hall–Kier alpha value is -2.79. The topological polar surface area (TPSA) is 88.3 Å². The molecule has 0 bridgehead atoms. The lowest BCUT2D eigenvalue weighted by atomic mass is 9.95. The van der Waals surface area contributed by atoms with Gasteiger partial charge in [0.15, 0.2) is 0 Å². The maximum Gasteiger partial charge on any atom is 0.306 e. The summed E-state index contributed by atoms with van der Waals surface area (Å²) in [5, 5.41) is 10.6. The van der Waals surface area contributed by atoms with Gasteiger partial charge in [0.25, 0.3) is 0 Å². The zero-order chi connectivity index (χ0) is 19.1. The van der Waals surface area contributed by atoms with Crippen LogP contribution in [-0.2, 0) is 17.6 Å². The Morgan fingerprint density at radius 2 is 2.00 bits per heavy atom. The molecule has 1 unspecified atom stereocenters. The molecule has 0 fully saturated rings. The average molecular weight is 366 g/mol. The molecule has 1 atom stereocenters. The van der Waals surface area contributed by atoms with Gasteiger partial charge in [-0.15, -0.1) is 0 Å². The van der Waals surface area contributed by atoms with E-state index in [1.807, 2.05) is 54.7 Å². The number of ether oxygens (including phenoxy) is 1. The maximum atomic E-state index is 11.5. The van der Waals surface area contributed by atoms with Gasteiger partial charge in [0, 0.05) is 17.1 Å². The van der Waals surface area contributed by atoms with Gasteiger partial charge >= 0.3 is 5.97 Å². The number of carboxylic acid groups (broad SMARTS) is 1. The Morgan fingerprint density at radius 1 is 1.19 bits per heavy atom. The second kappa shape index (κ2) is 9.24.